The van der Waals surface area contributed by atoms with Crippen LogP contribution in [0.4, 0.5) is 13.2 Å². The number of nitrogens with zero attached hydrogens (tertiary/aromatic N) is 4. The molecule has 1 aromatic heterocycles. The van der Waals surface area contributed by atoms with E-state index in [-0.39, 0.29) is 5.89 Å². The highest BCUT2D eigenvalue weighted by Gasteiger charge is 2.38. The van der Waals surface area contributed by atoms with Crippen molar-refractivity contribution in [1.82, 2.24) is 20.0 Å². The van der Waals surface area contributed by atoms with Gasteiger partial charge in [-0.15, -0.1) is 10.2 Å². The van der Waals surface area contributed by atoms with Crippen LogP contribution in [0.3, 0.4) is 0 Å². The summed E-state index contributed by atoms with van der Waals surface area (Å²) >= 11 is 0. The molecule has 0 spiro atoms. The maximum absolute atomic E-state index is 12.5. The van der Waals surface area contributed by atoms with E-state index in [2.05, 4.69) is 14.6 Å². The molecule has 0 atom stereocenters. The van der Waals surface area contributed by atoms with Gasteiger partial charge in [-0.2, -0.15) is 13.2 Å². The van der Waals surface area contributed by atoms with E-state index >= 15 is 0 Å². The smallest absolute Gasteiger partial charge is 0.413 e. The zero-order valence-electron chi connectivity index (χ0n) is 14.1. The van der Waals surface area contributed by atoms with Gasteiger partial charge in [0.25, 0.3) is 0 Å². The number of ether oxygens (including phenoxy) is 1. The molecule has 1 N–H and O–H groups in total. The van der Waals surface area contributed by atoms with Crippen LogP contribution in [-0.2, 0) is 17.5 Å². The first-order chi connectivity index (χ1) is 12.3. The molecule has 1 fully saturated rings. The number of alkyl halides is 3. The lowest BCUT2D eigenvalue weighted by Gasteiger charge is -2.33. The average Bonchev–Trinajstić information content (AvgIpc) is 3.13. The molecule has 0 saturated carbocycles. The quantitative estimate of drug-likeness (QED) is 0.661. The molecule has 0 bridgehead atoms. The van der Waals surface area contributed by atoms with Gasteiger partial charge in [-0.25, -0.2) is 0 Å². The van der Waals surface area contributed by atoms with Crippen molar-refractivity contribution < 1.29 is 22.3 Å². The van der Waals surface area contributed by atoms with Crippen LogP contribution >= 0.6 is 0 Å². The van der Waals surface area contributed by atoms with Crippen LogP contribution in [0.15, 0.2) is 28.7 Å². The molecule has 0 aliphatic carbocycles. The second kappa shape index (κ2) is 7.32. The molecule has 0 amide bonds. The van der Waals surface area contributed by atoms with E-state index in [0.29, 0.717) is 44.4 Å². The molecule has 7 nitrogen and oxygen atoms in total. The van der Waals surface area contributed by atoms with Gasteiger partial charge in [0.15, 0.2) is 5.96 Å². The predicted molar refractivity (Wildman–Crippen MR) is 86.3 cm³/mol. The van der Waals surface area contributed by atoms with Gasteiger partial charge in [-0.3, -0.25) is 5.41 Å². The maximum Gasteiger partial charge on any atom is 0.470 e. The van der Waals surface area contributed by atoms with Crippen LogP contribution in [0, 0.1) is 5.41 Å². The fourth-order valence-corrected chi connectivity index (χ4v) is 2.57. The Morgan fingerprint density at radius 3 is 2.42 bits per heavy atom. The van der Waals surface area contributed by atoms with Gasteiger partial charge in [0.05, 0.1) is 13.2 Å². The summed E-state index contributed by atoms with van der Waals surface area (Å²) in [7, 11) is 1.82. The average molecular weight is 369 g/mol. The number of hydrogen-bond acceptors (Lipinski definition) is 5. The first kappa shape index (κ1) is 18.2. The summed E-state index contributed by atoms with van der Waals surface area (Å²) in [6.45, 7) is 3.07. The zero-order chi connectivity index (χ0) is 18.7. The Labute approximate surface area is 147 Å². The minimum absolute atomic E-state index is 0.182. The van der Waals surface area contributed by atoms with Crippen LogP contribution in [0.5, 0.6) is 0 Å². The monoisotopic (exact) mass is 369 g/mol. The second-order valence-corrected chi connectivity index (χ2v) is 5.89. The Bertz CT molecular complexity index is 754. The van der Waals surface area contributed by atoms with E-state index < -0.39 is 12.1 Å². The molecule has 2 aromatic rings. The SMILES string of the molecule is CN(Cc1ccc(-c2nnc(C(F)(F)F)o2)cc1)C(=N)N1CCOCC1. The van der Waals surface area contributed by atoms with E-state index in [1.165, 1.54) is 0 Å². The molecule has 1 aliphatic heterocycles. The van der Waals surface area contributed by atoms with Crippen LogP contribution < -0.4 is 0 Å². The lowest BCUT2D eigenvalue weighted by molar-refractivity contribution is -0.156. The summed E-state index contributed by atoms with van der Waals surface area (Å²) in [5, 5.41) is 14.7. The van der Waals surface area contributed by atoms with Gasteiger partial charge < -0.3 is 19.0 Å². The molecule has 0 unspecified atom stereocenters. The Balaban J connectivity index is 1.64. The standard InChI is InChI=1S/C16H18F3N5O2/c1-23(15(20)24-6-8-25-9-7-24)10-11-2-4-12(5-3-11)13-21-22-14(26-13)16(17,18)19/h2-5,20H,6-10H2,1H3. The molecule has 3 rings (SSSR count). The first-order valence-corrected chi connectivity index (χ1v) is 7.97. The Kier molecular flexibility index (Phi) is 5.12. The molecule has 0 radical (unpaired) electrons. The van der Waals surface area contributed by atoms with Crippen molar-refractivity contribution in [2.75, 3.05) is 33.4 Å². The van der Waals surface area contributed by atoms with Gasteiger partial charge in [0, 0.05) is 32.2 Å². The first-order valence-electron chi connectivity index (χ1n) is 7.97. The second-order valence-electron chi connectivity index (χ2n) is 5.89. The van der Waals surface area contributed by atoms with Crippen LogP contribution in [0.1, 0.15) is 11.5 Å². The molecule has 2 heterocycles. The summed E-state index contributed by atoms with van der Waals surface area (Å²) < 4.78 is 47.5. The third kappa shape index (κ3) is 4.13. The fraction of sp³-hybridized carbons (Fsp3) is 0.438. The summed E-state index contributed by atoms with van der Waals surface area (Å²) in [5.41, 5.74) is 1.31. The Hall–Kier alpha value is -2.62. The third-order valence-corrected chi connectivity index (χ3v) is 3.96. The topological polar surface area (TPSA) is 78.5 Å². The highest BCUT2D eigenvalue weighted by molar-refractivity contribution is 5.76. The Morgan fingerprint density at radius 1 is 1.19 bits per heavy atom. The highest BCUT2D eigenvalue weighted by Crippen LogP contribution is 2.30. The van der Waals surface area contributed by atoms with Crippen molar-refractivity contribution in [3.8, 4) is 11.5 Å². The van der Waals surface area contributed by atoms with Gasteiger partial charge in [0.2, 0.25) is 5.89 Å². The van der Waals surface area contributed by atoms with E-state index in [0.717, 1.165) is 5.56 Å². The van der Waals surface area contributed by atoms with Gasteiger partial charge in [-0.1, -0.05) is 12.1 Å². The minimum Gasteiger partial charge on any atom is -0.413 e. The minimum atomic E-state index is -4.66. The highest BCUT2D eigenvalue weighted by atomic mass is 19.4. The van der Waals surface area contributed by atoms with Gasteiger partial charge in [-0.05, 0) is 17.7 Å². The van der Waals surface area contributed by atoms with Crippen molar-refractivity contribution in [2.24, 2.45) is 0 Å². The normalized spacial score (nSPS) is 15.2. The van der Waals surface area contributed by atoms with Crippen LogP contribution in [0.2, 0.25) is 0 Å². The molecule has 140 valence electrons. The van der Waals surface area contributed by atoms with Gasteiger partial charge in [0.1, 0.15) is 0 Å². The van der Waals surface area contributed by atoms with Crippen molar-refractivity contribution >= 4 is 5.96 Å². The zero-order valence-corrected chi connectivity index (χ0v) is 14.1. The molecular formula is C16H18F3N5O2. The lowest BCUT2D eigenvalue weighted by Crippen LogP contribution is -2.47. The molecule has 1 aromatic carbocycles. The fourth-order valence-electron chi connectivity index (χ4n) is 2.57. The summed E-state index contributed by atoms with van der Waals surface area (Å²) in [5.74, 6) is -1.14. The van der Waals surface area contributed by atoms with Crippen LogP contribution in [-0.4, -0.2) is 59.3 Å². The number of benzene rings is 1. The molecule has 1 saturated heterocycles. The molecule has 26 heavy (non-hydrogen) atoms. The van der Waals surface area contributed by atoms with Crippen molar-refractivity contribution in [2.45, 2.75) is 12.7 Å². The molecule has 1 aliphatic rings. The third-order valence-electron chi connectivity index (χ3n) is 3.96. The largest absolute Gasteiger partial charge is 0.470 e. The Morgan fingerprint density at radius 2 is 1.85 bits per heavy atom. The predicted octanol–water partition coefficient (Wildman–Crippen LogP) is 2.45. The van der Waals surface area contributed by atoms with Crippen LogP contribution in [0.25, 0.3) is 11.5 Å². The summed E-state index contributed by atoms with van der Waals surface area (Å²) in [4.78, 5) is 3.74. The van der Waals surface area contributed by atoms with Gasteiger partial charge >= 0.3 is 12.1 Å². The maximum atomic E-state index is 12.5. The van der Waals surface area contributed by atoms with E-state index in [9.17, 15) is 13.2 Å². The number of aromatic nitrogens is 2. The van der Waals surface area contributed by atoms with E-state index in [1.54, 1.807) is 29.2 Å². The summed E-state index contributed by atoms with van der Waals surface area (Å²) in [6, 6.07) is 6.76. The van der Waals surface area contributed by atoms with Crippen molar-refractivity contribution in [3.63, 3.8) is 0 Å². The number of rotatable bonds is 3. The molecular weight excluding hydrogens is 351 g/mol. The van der Waals surface area contributed by atoms with E-state index in [1.807, 2.05) is 11.9 Å². The van der Waals surface area contributed by atoms with E-state index in [4.69, 9.17) is 10.1 Å². The number of hydrogen-bond donors (Lipinski definition) is 1. The number of morpholine rings is 1. The van der Waals surface area contributed by atoms with Crippen molar-refractivity contribution in [3.05, 3.63) is 35.7 Å². The lowest BCUT2D eigenvalue weighted by atomic mass is 10.1. The number of halogens is 3. The summed E-state index contributed by atoms with van der Waals surface area (Å²) in [6.07, 6.45) is -4.66. The van der Waals surface area contributed by atoms with Crippen molar-refractivity contribution in [1.29, 1.82) is 5.41 Å². The number of nitrogens with one attached hydrogen (secondary N) is 1. The number of guanidine groups is 1. The molecule has 10 heteroatoms.